The van der Waals surface area contributed by atoms with Crippen LogP contribution in [-0.2, 0) is 14.3 Å². The molecule has 1 aliphatic heterocycles. The maximum Gasteiger partial charge on any atom is 0.328 e. The van der Waals surface area contributed by atoms with E-state index < -0.39 is 11.9 Å². The largest absolute Gasteiger partial charge is 0.391 e. The van der Waals surface area contributed by atoms with Crippen LogP contribution in [0.3, 0.4) is 0 Å². The van der Waals surface area contributed by atoms with Crippen molar-refractivity contribution >= 4 is 35.5 Å². The van der Waals surface area contributed by atoms with Gasteiger partial charge < -0.3 is 4.74 Å². The number of esters is 2. The van der Waals surface area contributed by atoms with Gasteiger partial charge in [-0.05, 0) is 12.5 Å². The third-order valence-corrected chi connectivity index (χ3v) is 3.57. The van der Waals surface area contributed by atoms with Crippen molar-refractivity contribution in [3.63, 3.8) is 0 Å². The summed E-state index contributed by atoms with van der Waals surface area (Å²) in [5, 5.41) is -0.616. The number of hydrogen-bond donors (Lipinski definition) is 0. The quantitative estimate of drug-likeness (QED) is 0.472. The minimum atomic E-state index is -0.401. The molecule has 1 heterocycles. The zero-order chi connectivity index (χ0) is 8.43. The molecule has 2 unspecified atom stereocenters. The van der Waals surface area contributed by atoms with E-state index in [1.807, 2.05) is 0 Å². The Kier molecular flexibility index (Phi) is 2.84. The minimum absolute atomic E-state index is 0.308. The lowest BCUT2D eigenvalue weighted by atomic mass is 10.3. The molecule has 0 aliphatic carbocycles. The van der Waals surface area contributed by atoms with Crippen molar-refractivity contribution in [2.45, 2.75) is 10.5 Å². The van der Waals surface area contributed by atoms with Crippen LogP contribution >= 0.6 is 23.5 Å². The average molecular weight is 192 g/mol. The molecule has 1 rings (SSSR count). The van der Waals surface area contributed by atoms with Crippen LogP contribution in [0.15, 0.2) is 0 Å². The molecular formula is C6H8O3S2. The Morgan fingerprint density at radius 1 is 1.09 bits per heavy atom. The van der Waals surface area contributed by atoms with Gasteiger partial charge in [-0.15, -0.1) is 23.5 Å². The number of hydrogen-bond acceptors (Lipinski definition) is 5. The fraction of sp³-hybridized carbons (Fsp3) is 0.667. The summed E-state index contributed by atoms with van der Waals surface area (Å²) in [5.41, 5.74) is 0. The normalized spacial score (nSPS) is 30.7. The van der Waals surface area contributed by atoms with E-state index in [1.54, 1.807) is 12.5 Å². The van der Waals surface area contributed by atoms with Crippen LogP contribution in [0.4, 0.5) is 0 Å². The Hall–Kier alpha value is -0.160. The molecule has 11 heavy (non-hydrogen) atoms. The van der Waals surface area contributed by atoms with E-state index in [9.17, 15) is 9.59 Å². The molecule has 0 aromatic heterocycles. The Balaban J connectivity index is 2.74. The van der Waals surface area contributed by atoms with E-state index in [0.717, 1.165) is 0 Å². The van der Waals surface area contributed by atoms with E-state index >= 15 is 0 Å². The van der Waals surface area contributed by atoms with E-state index in [0.29, 0.717) is 0 Å². The van der Waals surface area contributed by atoms with Gasteiger partial charge >= 0.3 is 11.9 Å². The van der Waals surface area contributed by atoms with Crippen molar-refractivity contribution in [1.82, 2.24) is 0 Å². The topological polar surface area (TPSA) is 43.4 Å². The van der Waals surface area contributed by atoms with E-state index in [-0.39, 0.29) is 10.5 Å². The van der Waals surface area contributed by atoms with Crippen molar-refractivity contribution in [3.8, 4) is 0 Å². The van der Waals surface area contributed by atoms with Gasteiger partial charge in [-0.25, -0.2) is 0 Å². The smallest absolute Gasteiger partial charge is 0.328 e. The van der Waals surface area contributed by atoms with Gasteiger partial charge in [0.2, 0.25) is 0 Å². The summed E-state index contributed by atoms with van der Waals surface area (Å²) in [6.07, 6.45) is 3.60. The minimum Gasteiger partial charge on any atom is -0.391 e. The average Bonchev–Trinajstić information content (AvgIpc) is 2.24. The number of ether oxygens (including phenoxy) is 1. The molecule has 0 saturated carbocycles. The highest BCUT2D eigenvalue weighted by Gasteiger charge is 2.43. The Morgan fingerprint density at radius 2 is 1.45 bits per heavy atom. The lowest BCUT2D eigenvalue weighted by molar-refractivity contribution is -0.151. The highest BCUT2D eigenvalue weighted by atomic mass is 32.2. The molecule has 0 aromatic carbocycles. The number of carbonyl (C=O) groups is 2. The summed E-state index contributed by atoms with van der Waals surface area (Å²) in [6.45, 7) is 0. The van der Waals surface area contributed by atoms with E-state index in [4.69, 9.17) is 0 Å². The second-order valence-corrected chi connectivity index (χ2v) is 4.01. The molecule has 0 aromatic rings. The van der Waals surface area contributed by atoms with E-state index in [1.165, 1.54) is 23.5 Å². The maximum atomic E-state index is 10.9. The highest BCUT2D eigenvalue weighted by molar-refractivity contribution is 8.04. The molecule has 1 saturated heterocycles. The molecule has 0 spiro atoms. The van der Waals surface area contributed by atoms with Gasteiger partial charge in [0.1, 0.15) is 10.5 Å². The molecule has 1 aliphatic rings. The Morgan fingerprint density at radius 3 is 1.73 bits per heavy atom. The van der Waals surface area contributed by atoms with Gasteiger partial charge in [-0.1, -0.05) is 0 Å². The van der Waals surface area contributed by atoms with Gasteiger partial charge in [0.15, 0.2) is 0 Å². The standard InChI is InChI=1S/C6H8O3S2/c1-10-3-4(11-2)6(8)9-5(3)7/h3-4H,1-2H3. The van der Waals surface area contributed by atoms with Crippen LogP contribution in [-0.4, -0.2) is 35.0 Å². The summed E-state index contributed by atoms with van der Waals surface area (Å²) in [7, 11) is 0. The third kappa shape index (κ3) is 1.54. The predicted octanol–water partition coefficient (Wildman–Crippen LogP) is 0.533. The first-order valence-electron chi connectivity index (χ1n) is 3.02. The second kappa shape index (κ2) is 3.49. The number of rotatable bonds is 2. The van der Waals surface area contributed by atoms with Crippen LogP contribution < -0.4 is 0 Å². The zero-order valence-electron chi connectivity index (χ0n) is 6.20. The van der Waals surface area contributed by atoms with Gasteiger partial charge in [-0.3, -0.25) is 9.59 Å². The number of carbonyl (C=O) groups excluding carboxylic acids is 2. The van der Waals surface area contributed by atoms with E-state index in [2.05, 4.69) is 4.74 Å². The molecule has 5 heteroatoms. The SMILES string of the molecule is CSC1C(=O)OC(=O)C1SC. The zero-order valence-corrected chi connectivity index (χ0v) is 7.83. The van der Waals surface area contributed by atoms with Crippen LogP contribution in [0.5, 0.6) is 0 Å². The molecule has 0 radical (unpaired) electrons. The summed E-state index contributed by atoms with van der Waals surface area (Å²) < 4.78 is 4.45. The summed E-state index contributed by atoms with van der Waals surface area (Å²) in [4.78, 5) is 21.8. The highest BCUT2D eigenvalue weighted by Crippen LogP contribution is 2.28. The van der Waals surface area contributed by atoms with Crippen molar-refractivity contribution in [2.75, 3.05) is 12.5 Å². The van der Waals surface area contributed by atoms with Crippen LogP contribution in [0.1, 0.15) is 0 Å². The molecule has 62 valence electrons. The predicted molar refractivity (Wildman–Crippen MR) is 45.7 cm³/mol. The first-order chi connectivity index (χ1) is 5.20. The molecule has 1 fully saturated rings. The Labute approximate surface area is 73.2 Å². The Bertz CT molecular complexity index is 172. The van der Waals surface area contributed by atoms with Gasteiger partial charge in [0.25, 0.3) is 0 Å². The van der Waals surface area contributed by atoms with Gasteiger partial charge in [0, 0.05) is 0 Å². The summed E-state index contributed by atoms with van der Waals surface area (Å²) in [6, 6.07) is 0. The monoisotopic (exact) mass is 192 g/mol. The van der Waals surface area contributed by atoms with Crippen LogP contribution in [0, 0.1) is 0 Å². The first kappa shape index (κ1) is 8.93. The van der Waals surface area contributed by atoms with Crippen molar-refractivity contribution < 1.29 is 14.3 Å². The molecule has 0 bridgehead atoms. The lowest BCUT2D eigenvalue weighted by Gasteiger charge is -2.05. The van der Waals surface area contributed by atoms with Gasteiger partial charge in [-0.2, -0.15) is 0 Å². The number of cyclic esters (lactones) is 2. The molecule has 0 amide bonds. The fourth-order valence-corrected chi connectivity index (χ4v) is 2.77. The number of thioether (sulfide) groups is 2. The van der Waals surface area contributed by atoms with Crippen LogP contribution in [0.2, 0.25) is 0 Å². The lowest BCUT2D eigenvalue weighted by Crippen LogP contribution is -2.22. The molecule has 3 nitrogen and oxygen atoms in total. The van der Waals surface area contributed by atoms with Gasteiger partial charge in [0.05, 0.1) is 0 Å². The second-order valence-electron chi connectivity index (χ2n) is 2.05. The molecular weight excluding hydrogens is 184 g/mol. The van der Waals surface area contributed by atoms with Crippen LogP contribution in [0.25, 0.3) is 0 Å². The summed E-state index contributed by atoms with van der Waals surface area (Å²) in [5.74, 6) is -0.802. The van der Waals surface area contributed by atoms with Crippen molar-refractivity contribution in [1.29, 1.82) is 0 Å². The first-order valence-corrected chi connectivity index (χ1v) is 5.59. The summed E-state index contributed by atoms with van der Waals surface area (Å²) >= 11 is 2.72. The molecule has 0 N–H and O–H groups in total. The van der Waals surface area contributed by atoms with Crippen molar-refractivity contribution in [2.24, 2.45) is 0 Å². The maximum absolute atomic E-state index is 10.9. The van der Waals surface area contributed by atoms with Crippen molar-refractivity contribution in [3.05, 3.63) is 0 Å². The fourth-order valence-electron chi connectivity index (χ4n) is 0.902. The third-order valence-electron chi connectivity index (χ3n) is 1.45. The molecule has 2 atom stereocenters.